The van der Waals surface area contributed by atoms with Gasteiger partial charge in [0, 0.05) is 0 Å². The van der Waals surface area contributed by atoms with Crippen LogP contribution in [0.5, 0.6) is 0 Å². The van der Waals surface area contributed by atoms with Gasteiger partial charge in [0.25, 0.3) is 0 Å². The van der Waals surface area contributed by atoms with Crippen LogP contribution in [0.1, 0.15) is 6.42 Å². The maximum Gasteiger partial charge on any atom is 0.374 e. The van der Waals surface area contributed by atoms with E-state index in [0.717, 1.165) is 0 Å². The normalized spacial score (nSPS) is 12.1. The zero-order chi connectivity index (χ0) is 8.36. The molecule has 2 nitrogen and oxygen atoms in total. The van der Waals surface area contributed by atoms with E-state index in [1.807, 2.05) is 0 Å². The summed E-state index contributed by atoms with van der Waals surface area (Å²) < 4.78 is 45.7. The van der Waals surface area contributed by atoms with Crippen molar-refractivity contribution in [1.29, 1.82) is 0 Å². The molecule has 0 aromatic carbocycles. The van der Waals surface area contributed by atoms with Crippen LogP contribution >= 0.6 is 0 Å². The molecule has 0 fully saturated rings. The number of hydrogen-bond acceptors (Lipinski definition) is 1. The van der Waals surface area contributed by atoms with Crippen molar-refractivity contribution < 1.29 is 27.5 Å². The second-order valence-corrected chi connectivity index (χ2v) is 1.60. The van der Waals surface area contributed by atoms with Crippen molar-refractivity contribution >= 4 is 5.97 Å². The molecule has 0 saturated heterocycles. The van der Waals surface area contributed by atoms with Crippen LogP contribution in [0.15, 0.2) is 0 Å². The Balaban J connectivity index is 4.00. The molecule has 60 valence electrons. The molecule has 0 amide bonds. The van der Waals surface area contributed by atoms with Gasteiger partial charge in [-0.05, 0) is 0 Å². The van der Waals surface area contributed by atoms with E-state index in [9.17, 15) is 22.4 Å². The Hall–Kier alpha value is -0.810. The predicted octanol–water partition coefficient (Wildman–Crippen LogP) is 1.36. The van der Waals surface area contributed by atoms with E-state index >= 15 is 0 Å². The van der Waals surface area contributed by atoms with E-state index < -0.39 is 24.7 Å². The number of rotatable bonds is 3. The maximum absolute atomic E-state index is 11.7. The first-order valence-electron chi connectivity index (χ1n) is 2.25. The minimum absolute atomic E-state index is 1.93. The first-order chi connectivity index (χ1) is 4.36. The highest BCUT2D eigenvalue weighted by molar-refractivity contribution is 5.75. The number of halogens is 4. The van der Waals surface area contributed by atoms with Crippen LogP contribution in [0, 0.1) is 0 Å². The molecular formula is C4H4F4O2. The fourth-order valence-electron chi connectivity index (χ4n) is 0.281. The van der Waals surface area contributed by atoms with Crippen molar-refractivity contribution in [3.63, 3.8) is 0 Å². The second kappa shape index (κ2) is 2.85. The monoisotopic (exact) mass is 160 g/mol. The van der Waals surface area contributed by atoms with Crippen molar-refractivity contribution in [2.24, 2.45) is 0 Å². The van der Waals surface area contributed by atoms with Gasteiger partial charge in [-0.25, -0.2) is 13.6 Å². The van der Waals surface area contributed by atoms with Crippen molar-refractivity contribution in [2.45, 2.75) is 18.8 Å². The standard InChI is InChI=1S/C4H4F4O2/c5-2(6)1-4(7,8)3(9)10/h2H,1H2,(H,9,10). The molecule has 0 atom stereocenters. The molecule has 0 aromatic heterocycles. The van der Waals surface area contributed by atoms with E-state index in [-0.39, 0.29) is 0 Å². The van der Waals surface area contributed by atoms with Gasteiger partial charge in [-0.15, -0.1) is 0 Å². The molecule has 0 saturated carbocycles. The number of carbonyl (C=O) groups is 1. The quantitative estimate of drug-likeness (QED) is 0.633. The highest BCUT2D eigenvalue weighted by atomic mass is 19.3. The number of alkyl halides is 4. The molecule has 0 bridgehead atoms. The lowest BCUT2D eigenvalue weighted by Crippen LogP contribution is -2.30. The summed E-state index contributed by atoms with van der Waals surface area (Å²) in [6, 6.07) is 0. The van der Waals surface area contributed by atoms with Crippen molar-refractivity contribution in [3.8, 4) is 0 Å². The minimum Gasteiger partial charge on any atom is -0.477 e. The Morgan fingerprint density at radius 1 is 1.50 bits per heavy atom. The Kier molecular flexibility index (Phi) is 2.62. The number of carboxylic acids is 1. The average Bonchev–Trinajstić information content (AvgIpc) is 1.60. The summed E-state index contributed by atoms with van der Waals surface area (Å²) in [6.45, 7) is 0. The molecule has 6 heteroatoms. The molecule has 0 aliphatic carbocycles. The molecule has 0 aliphatic rings. The highest BCUT2D eigenvalue weighted by Crippen LogP contribution is 2.22. The number of hydrogen-bond donors (Lipinski definition) is 1. The SMILES string of the molecule is O=C(O)C(F)(F)CC(F)F. The Labute approximate surface area is 53.5 Å². The van der Waals surface area contributed by atoms with Gasteiger partial charge in [-0.2, -0.15) is 8.78 Å². The molecule has 0 heterocycles. The fourth-order valence-corrected chi connectivity index (χ4v) is 0.281. The lowest BCUT2D eigenvalue weighted by atomic mass is 10.2. The van der Waals surface area contributed by atoms with Crippen molar-refractivity contribution in [2.75, 3.05) is 0 Å². The van der Waals surface area contributed by atoms with Gasteiger partial charge in [0.2, 0.25) is 6.43 Å². The lowest BCUT2D eigenvalue weighted by molar-refractivity contribution is -0.170. The van der Waals surface area contributed by atoms with Gasteiger partial charge < -0.3 is 5.11 Å². The fraction of sp³-hybridized carbons (Fsp3) is 0.750. The second-order valence-electron chi connectivity index (χ2n) is 1.60. The van der Waals surface area contributed by atoms with E-state index in [4.69, 9.17) is 5.11 Å². The minimum atomic E-state index is -4.31. The van der Waals surface area contributed by atoms with Gasteiger partial charge in [-0.1, -0.05) is 0 Å². The van der Waals surface area contributed by atoms with E-state index in [2.05, 4.69) is 0 Å². The predicted molar refractivity (Wildman–Crippen MR) is 23.2 cm³/mol. The molecule has 0 aliphatic heterocycles. The van der Waals surface area contributed by atoms with Crippen LogP contribution in [0.2, 0.25) is 0 Å². The van der Waals surface area contributed by atoms with Crippen LogP contribution < -0.4 is 0 Å². The third-order valence-corrected chi connectivity index (χ3v) is 0.724. The first-order valence-corrected chi connectivity index (χ1v) is 2.25. The molecule has 10 heavy (non-hydrogen) atoms. The summed E-state index contributed by atoms with van der Waals surface area (Å²) in [5.41, 5.74) is 0. The Morgan fingerprint density at radius 3 is 2.00 bits per heavy atom. The molecule has 0 unspecified atom stereocenters. The van der Waals surface area contributed by atoms with E-state index in [1.54, 1.807) is 0 Å². The Bertz CT molecular complexity index is 133. The topological polar surface area (TPSA) is 37.3 Å². The number of aliphatic carboxylic acids is 1. The van der Waals surface area contributed by atoms with Gasteiger partial charge in [0.05, 0.1) is 6.42 Å². The molecule has 0 aromatic rings. The van der Waals surface area contributed by atoms with Gasteiger partial charge in [-0.3, -0.25) is 0 Å². The average molecular weight is 160 g/mol. The summed E-state index contributed by atoms with van der Waals surface area (Å²) in [6.07, 6.45) is -5.23. The van der Waals surface area contributed by atoms with Crippen molar-refractivity contribution in [1.82, 2.24) is 0 Å². The summed E-state index contributed by atoms with van der Waals surface area (Å²) in [5.74, 6) is -6.83. The van der Waals surface area contributed by atoms with Crippen LogP contribution in [-0.4, -0.2) is 23.4 Å². The lowest BCUT2D eigenvalue weighted by Gasteiger charge is -2.08. The van der Waals surface area contributed by atoms with E-state index in [0.29, 0.717) is 0 Å². The van der Waals surface area contributed by atoms with Gasteiger partial charge in [0.1, 0.15) is 0 Å². The van der Waals surface area contributed by atoms with Crippen LogP contribution in [0.3, 0.4) is 0 Å². The van der Waals surface area contributed by atoms with Crippen LogP contribution in [0.25, 0.3) is 0 Å². The molecule has 0 rings (SSSR count). The summed E-state index contributed by atoms with van der Waals surface area (Å²) in [7, 11) is 0. The number of carboxylic acid groups (broad SMARTS) is 1. The maximum atomic E-state index is 11.7. The molecule has 0 spiro atoms. The molecule has 0 radical (unpaired) electrons. The molecule has 1 N–H and O–H groups in total. The third-order valence-electron chi connectivity index (χ3n) is 0.724. The zero-order valence-electron chi connectivity index (χ0n) is 4.65. The third kappa shape index (κ3) is 2.65. The molecular weight excluding hydrogens is 156 g/mol. The largest absolute Gasteiger partial charge is 0.477 e. The van der Waals surface area contributed by atoms with Crippen LogP contribution in [0.4, 0.5) is 17.6 Å². The van der Waals surface area contributed by atoms with Crippen molar-refractivity contribution in [3.05, 3.63) is 0 Å². The summed E-state index contributed by atoms with van der Waals surface area (Å²) in [5, 5.41) is 7.61. The van der Waals surface area contributed by atoms with Gasteiger partial charge >= 0.3 is 11.9 Å². The van der Waals surface area contributed by atoms with Gasteiger partial charge in [0.15, 0.2) is 0 Å². The summed E-state index contributed by atoms with van der Waals surface area (Å²) >= 11 is 0. The zero-order valence-corrected chi connectivity index (χ0v) is 4.65. The smallest absolute Gasteiger partial charge is 0.374 e. The summed E-state index contributed by atoms with van der Waals surface area (Å²) in [4.78, 5) is 9.47. The van der Waals surface area contributed by atoms with E-state index in [1.165, 1.54) is 0 Å². The Morgan fingerprint density at radius 2 is 1.90 bits per heavy atom. The first kappa shape index (κ1) is 9.19. The van der Waals surface area contributed by atoms with Crippen LogP contribution in [-0.2, 0) is 4.79 Å². The highest BCUT2D eigenvalue weighted by Gasteiger charge is 2.41.